The molecule has 1 fully saturated rings. The van der Waals surface area contributed by atoms with Crippen LogP contribution in [-0.4, -0.2) is 39.2 Å². The normalized spacial score (nSPS) is 17.9. The van der Waals surface area contributed by atoms with Gasteiger partial charge in [0, 0.05) is 25.0 Å². The Labute approximate surface area is 189 Å². The molecule has 3 aromatic rings. The zero-order valence-electron chi connectivity index (χ0n) is 17.4. The molecule has 1 unspecified atom stereocenters. The number of aromatic nitrogens is 3. The van der Waals surface area contributed by atoms with Crippen LogP contribution in [0.4, 0.5) is 22.4 Å². The van der Waals surface area contributed by atoms with Gasteiger partial charge < -0.3 is 10.6 Å². The van der Waals surface area contributed by atoms with Gasteiger partial charge in [-0.15, -0.1) is 0 Å². The number of aryl methyl sites for hydroxylation is 1. The number of carbonyl (C=O) groups excluding carboxylic acids is 3. The highest BCUT2D eigenvalue weighted by Crippen LogP contribution is 2.30. The van der Waals surface area contributed by atoms with Crippen LogP contribution in [0, 0.1) is 5.82 Å². The third-order valence-electron chi connectivity index (χ3n) is 5.31. The summed E-state index contributed by atoms with van der Waals surface area (Å²) in [5.41, 5.74) is -2.46. The third-order valence-corrected chi connectivity index (χ3v) is 5.31. The van der Waals surface area contributed by atoms with E-state index in [2.05, 4.69) is 26.0 Å². The molecule has 1 saturated heterocycles. The SMILES string of the molecule is Cn1nccc1C1(CNC(=O)c2cc(F)ccc2-c2ccc(C(F)(F)F)nc2)NC(=O)NC1=O. The first kappa shape index (κ1) is 22.9. The van der Waals surface area contributed by atoms with Gasteiger partial charge in [-0.25, -0.2) is 9.18 Å². The number of hydrogen-bond acceptors (Lipinski definition) is 5. The van der Waals surface area contributed by atoms with Crippen molar-refractivity contribution in [1.82, 2.24) is 30.7 Å². The minimum Gasteiger partial charge on any atom is -0.349 e. The summed E-state index contributed by atoms with van der Waals surface area (Å²) < 4.78 is 53.8. The van der Waals surface area contributed by atoms with E-state index < -0.39 is 47.6 Å². The minimum atomic E-state index is -4.64. The lowest BCUT2D eigenvalue weighted by atomic mass is 9.94. The Balaban J connectivity index is 1.65. The summed E-state index contributed by atoms with van der Waals surface area (Å²) in [5, 5.41) is 11.1. The van der Waals surface area contributed by atoms with Gasteiger partial charge in [0.1, 0.15) is 11.5 Å². The molecule has 9 nitrogen and oxygen atoms in total. The lowest BCUT2D eigenvalue weighted by Gasteiger charge is -2.26. The maximum Gasteiger partial charge on any atom is 0.433 e. The molecule has 176 valence electrons. The highest BCUT2D eigenvalue weighted by atomic mass is 19.4. The number of rotatable bonds is 5. The number of pyridine rings is 1. The van der Waals surface area contributed by atoms with Crippen molar-refractivity contribution in [2.75, 3.05) is 6.54 Å². The van der Waals surface area contributed by atoms with E-state index in [0.717, 1.165) is 30.5 Å². The van der Waals surface area contributed by atoms with Gasteiger partial charge in [0.05, 0.1) is 17.8 Å². The topological polar surface area (TPSA) is 118 Å². The second-order valence-electron chi connectivity index (χ2n) is 7.46. The van der Waals surface area contributed by atoms with Gasteiger partial charge in [0.15, 0.2) is 5.54 Å². The number of benzene rings is 1. The predicted octanol–water partition coefficient (Wildman–Crippen LogP) is 2.10. The first-order valence-corrected chi connectivity index (χ1v) is 9.75. The number of hydrogen-bond donors (Lipinski definition) is 3. The molecule has 4 rings (SSSR count). The van der Waals surface area contributed by atoms with Crippen LogP contribution in [0.3, 0.4) is 0 Å². The van der Waals surface area contributed by atoms with Crippen molar-refractivity contribution in [3.05, 3.63) is 71.6 Å². The van der Waals surface area contributed by atoms with Crippen molar-refractivity contribution in [3.63, 3.8) is 0 Å². The van der Waals surface area contributed by atoms with Crippen LogP contribution in [0.5, 0.6) is 0 Å². The molecule has 3 heterocycles. The van der Waals surface area contributed by atoms with Crippen LogP contribution in [0.2, 0.25) is 0 Å². The number of nitrogens with one attached hydrogen (secondary N) is 3. The zero-order valence-corrected chi connectivity index (χ0v) is 17.4. The van der Waals surface area contributed by atoms with Crippen molar-refractivity contribution in [2.24, 2.45) is 7.05 Å². The van der Waals surface area contributed by atoms with Crippen molar-refractivity contribution < 1.29 is 31.9 Å². The third kappa shape index (κ3) is 4.07. The summed E-state index contributed by atoms with van der Waals surface area (Å²) in [7, 11) is 1.54. The Kier molecular flexibility index (Phi) is 5.55. The Morgan fingerprint density at radius 3 is 2.50 bits per heavy atom. The molecule has 0 spiro atoms. The Hall–Kier alpha value is -4.29. The molecule has 0 saturated carbocycles. The quantitative estimate of drug-likeness (QED) is 0.385. The van der Waals surface area contributed by atoms with Crippen LogP contribution in [0.15, 0.2) is 48.8 Å². The van der Waals surface area contributed by atoms with E-state index in [1.165, 1.54) is 23.0 Å². The summed E-state index contributed by atoms with van der Waals surface area (Å²) >= 11 is 0. The van der Waals surface area contributed by atoms with E-state index in [4.69, 9.17) is 0 Å². The Morgan fingerprint density at radius 2 is 1.94 bits per heavy atom. The Morgan fingerprint density at radius 1 is 1.18 bits per heavy atom. The van der Waals surface area contributed by atoms with Gasteiger partial charge in [-0.05, 0) is 29.8 Å². The highest BCUT2D eigenvalue weighted by molar-refractivity contribution is 6.08. The zero-order chi connectivity index (χ0) is 24.7. The van der Waals surface area contributed by atoms with E-state index >= 15 is 0 Å². The summed E-state index contributed by atoms with van der Waals surface area (Å²) in [6.45, 7) is -0.413. The molecular formula is C21H16F4N6O3. The van der Waals surface area contributed by atoms with Gasteiger partial charge >= 0.3 is 12.2 Å². The molecule has 1 aromatic carbocycles. The van der Waals surface area contributed by atoms with Gasteiger partial charge in [0.25, 0.3) is 11.8 Å². The van der Waals surface area contributed by atoms with Crippen LogP contribution < -0.4 is 16.0 Å². The second kappa shape index (κ2) is 8.24. The largest absolute Gasteiger partial charge is 0.433 e. The van der Waals surface area contributed by atoms with Gasteiger partial charge in [-0.3, -0.25) is 24.6 Å². The first-order valence-electron chi connectivity index (χ1n) is 9.75. The average molecular weight is 476 g/mol. The maximum atomic E-state index is 14.0. The number of halogens is 4. The maximum absolute atomic E-state index is 14.0. The van der Waals surface area contributed by atoms with E-state index in [9.17, 15) is 31.9 Å². The van der Waals surface area contributed by atoms with Gasteiger partial charge in [-0.1, -0.05) is 12.1 Å². The molecule has 0 radical (unpaired) electrons. The molecule has 0 aliphatic carbocycles. The molecule has 1 aliphatic rings. The monoisotopic (exact) mass is 476 g/mol. The summed E-state index contributed by atoms with van der Waals surface area (Å²) in [6, 6.07) is 5.76. The molecule has 0 bridgehead atoms. The van der Waals surface area contributed by atoms with Crippen LogP contribution in [0.1, 0.15) is 21.7 Å². The number of carbonyl (C=O) groups is 3. The summed E-state index contributed by atoms with van der Waals surface area (Å²) in [5.74, 6) is -2.32. The molecule has 13 heteroatoms. The van der Waals surface area contributed by atoms with E-state index in [0.29, 0.717) is 0 Å². The van der Waals surface area contributed by atoms with Crippen molar-refractivity contribution >= 4 is 17.8 Å². The highest BCUT2D eigenvalue weighted by Gasteiger charge is 2.50. The van der Waals surface area contributed by atoms with Crippen molar-refractivity contribution in [1.29, 1.82) is 0 Å². The number of alkyl halides is 3. The minimum absolute atomic E-state index is 0.120. The Bertz CT molecular complexity index is 1290. The molecule has 2 aromatic heterocycles. The molecular weight excluding hydrogens is 460 g/mol. The number of amides is 4. The van der Waals surface area contributed by atoms with Crippen molar-refractivity contribution in [2.45, 2.75) is 11.7 Å². The molecule has 1 atom stereocenters. The van der Waals surface area contributed by atoms with E-state index in [-0.39, 0.29) is 22.4 Å². The fourth-order valence-corrected chi connectivity index (χ4v) is 3.66. The fraction of sp³-hybridized carbons (Fsp3) is 0.190. The molecule has 34 heavy (non-hydrogen) atoms. The van der Waals surface area contributed by atoms with Crippen LogP contribution in [-0.2, 0) is 23.6 Å². The smallest absolute Gasteiger partial charge is 0.349 e. The molecule has 3 N–H and O–H groups in total. The summed E-state index contributed by atoms with van der Waals surface area (Å²) in [6.07, 6.45) is -2.32. The molecule has 4 amide bonds. The summed E-state index contributed by atoms with van der Waals surface area (Å²) in [4.78, 5) is 40.8. The van der Waals surface area contributed by atoms with Gasteiger partial charge in [0.2, 0.25) is 0 Å². The van der Waals surface area contributed by atoms with Gasteiger partial charge in [-0.2, -0.15) is 18.3 Å². The number of nitrogens with zero attached hydrogens (tertiary/aromatic N) is 3. The van der Waals surface area contributed by atoms with Crippen LogP contribution >= 0.6 is 0 Å². The lowest BCUT2D eigenvalue weighted by molar-refractivity contribution is -0.141. The number of urea groups is 1. The first-order chi connectivity index (χ1) is 16.0. The fourth-order valence-electron chi connectivity index (χ4n) is 3.66. The standard InChI is InChI=1S/C21H16F4N6O3/c1-31-16(6-7-28-31)20(18(33)29-19(34)30-20)10-27-17(32)14-8-12(22)3-4-13(14)11-2-5-15(26-9-11)21(23,24)25/h2-9H,10H2,1H3,(H,27,32)(H2,29,30,33,34). The second-order valence-corrected chi connectivity index (χ2v) is 7.46. The average Bonchev–Trinajstić information content (AvgIpc) is 3.34. The van der Waals surface area contributed by atoms with Crippen molar-refractivity contribution in [3.8, 4) is 11.1 Å². The number of imide groups is 1. The lowest BCUT2D eigenvalue weighted by Crippen LogP contribution is -2.53. The van der Waals surface area contributed by atoms with Crippen LogP contribution in [0.25, 0.3) is 11.1 Å². The van der Waals surface area contributed by atoms with E-state index in [1.807, 2.05) is 0 Å². The predicted molar refractivity (Wildman–Crippen MR) is 109 cm³/mol. The molecule has 1 aliphatic heterocycles. The van der Waals surface area contributed by atoms with E-state index in [1.54, 1.807) is 7.05 Å².